The van der Waals surface area contributed by atoms with E-state index in [1.165, 1.54) is 19.3 Å². The van der Waals surface area contributed by atoms with E-state index in [1.807, 2.05) is 12.1 Å². The van der Waals surface area contributed by atoms with Crippen molar-refractivity contribution < 1.29 is 4.79 Å². The van der Waals surface area contributed by atoms with Crippen LogP contribution in [0.1, 0.15) is 36.0 Å². The highest BCUT2D eigenvalue weighted by Gasteiger charge is 2.22. The first-order valence-electron chi connectivity index (χ1n) is 5.15. The summed E-state index contributed by atoms with van der Waals surface area (Å²) < 4.78 is 0.795. The van der Waals surface area contributed by atoms with E-state index >= 15 is 0 Å². The average molecular weight is 288 g/mol. The molecule has 0 atom stereocenters. The lowest BCUT2D eigenvalue weighted by atomic mass is 9.81. The highest BCUT2D eigenvalue weighted by molar-refractivity contribution is 9.10. The highest BCUT2D eigenvalue weighted by Crippen LogP contribution is 2.33. The molecule has 1 fully saturated rings. The van der Waals surface area contributed by atoms with Crippen molar-refractivity contribution in [2.45, 2.75) is 25.7 Å². The number of benzene rings is 1. The van der Waals surface area contributed by atoms with Gasteiger partial charge in [0.15, 0.2) is 5.78 Å². The minimum atomic E-state index is 0.172. The Labute approximate surface area is 103 Å². The Morgan fingerprint density at radius 1 is 1.47 bits per heavy atom. The zero-order chi connectivity index (χ0) is 10.8. The Bertz CT molecular complexity index is 385. The van der Waals surface area contributed by atoms with Crippen LogP contribution in [0, 0.1) is 5.92 Å². The smallest absolute Gasteiger partial charge is 0.164 e. The van der Waals surface area contributed by atoms with Gasteiger partial charge in [-0.3, -0.25) is 4.79 Å². The molecule has 1 saturated carbocycles. The first-order chi connectivity index (χ1) is 7.18. The van der Waals surface area contributed by atoms with Crippen molar-refractivity contribution in [3.63, 3.8) is 0 Å². The minimum Gasteiger partial charge on any atom is -0.294 e. The molecule has 80 valence electrons. The monoisotopic (exact) mass is 286 g/mol. The summed E-state index contributed by atoms with van der Waals surface area (Å²) in [6.45, 7) is 0. The lowest BCUT2D eigenvalue weighted by molar-refractivity contribution is 0.0936. The van der Waals surface area contributed by atoms with Crippen molar-refractivity contribution >= 4 is 33.3 Å². The van der Waals surface area contributed by atoms with E-state index < -0.39 is 0 Å². The van der Waals surface area contributed by atoms with Crippen LogP contribution in [0.3, 0.4) is 0 Å². The van der Waals surface area contributed by atoms with Gasteiger partial charge in [-0.15, -0.1) is 0 Å². The highest BCUT2D eigenvalue weighted by atomic mass is 79.9. The van der Waals surface area contributed by atoms with Crippen LogP contribution in [0.2, 0.25) is 5.02 Å². The van der Waals surface area contributed by atoms with Crippen molar-refractivity contribution in [1.29, 1.82) is 0 Å². The molecule has 1 aliphatic rings. The molecular weight excluding hydrogens is 275 g/mol. The molecule has 0 amide bonds. The van der Waals surface area contributed by atoms with Crippen LogP contribution >= 0.6 is 27.5 Å². The maximum absolute atomic E-state index is 11.9. The maximum Gasteiger partial charge on any atom is 0.164 e. The maximum atomic E-state index is 11.9. The fraction of sp³-hybridized carbons (Fsp3) is 0.417. The lowest BCUT2D eigenvalue weighted by Crippen LogP contribution is -2.16. The summed E-state index contributed by atoms with van der Waals surface area (Å²) in [5.74, 6) is 0.763. The van der Waals surface area contributed by atoms with Crippen LogP contribution in [0.5, 0.6) is 0 Å². The van der Waals surface area contributed by atoms with Gasteiger partial charge in [0.2, 0.25) is 0 Å². The van der Waals surface area contributed by atoms with E-state index in [4.69, 9.17) is 11.6 Å². The summed E-state index contributed by atoms with van der Waals surface area (Å²) >= 11 is 9.39. The largest absolute Gasteiger partial charge is 0.294 e. The van der Waals surface area contributed by atoms with Crippen molar-refractivity contribution in [3.05, 3.63) is 33.3 Å². The predicted molar refractivity (Wildman–Crippen MR) is 65.4 cm³/mol. The second-order valence-electron chi connectivity index (χ2n) is 4.03. The molecule has 2 rings (SSSR count). The molecule has 1 aromatic rings. The molecule has 0 spiro atoms. The molecular formula is C12H12BrClO. The summed E-state index contributed by atoms with van der Waals surface area (Å²) in [4.78, 5) is 11.9. The van der Waals surface area contributed by atoms with E-state index in [9.17, 15) is 4.79 Å². The Morgan fingerprint density at radius 3 is 2.80 bits per heavy atom. The Morgan fingerprint density at radius 2 is 2.20 bits per heavy atom. The predicted octanol–water partition coefficient (Wildman–Crippen LogP) is 4.48. The second-order valence-corrected chi connectivity index (χ2v) is 5.26. The fourth-order valence-corrected chi connectivity index (χ4v) is 2.39. The number of carbonyl (C=O) groups excluding carboxylic acids is 1. The number of carbonyl (C=O) groups is 1. The molecule has 0 saturated heterocycles. The Kier molecular flexibility index (Phi) is 3.47. The molecule has 0 aromatic heterocycles. The summed E-state index contributed by atoms with van der Waals surface area (Å²) in [6, 6.07) is 5.50. The topological polar surface area (TPSA) is 17.1 Å². The molecule has 3 heteroatoms. The normalized spacial score (nSPS) is 16.1. The van der Waals surface area contributed by atoms with Gasteiger partial charge in [0.05, 0.1) is 5.02 Å². The van der Waals surface area contributed by atoms with Gasteiger partial charge in [-0.2, -0.15) is 0 Å². The number of rotatable bonds is 3. The number of Topliss-reactive ketones (excluding diaryl/α,β-unsaturated/α-hetero) is 1. The molecule has 1 aromatic carbocycles. The summed E-state index contributed by atoms with van der Waals surface area (Å²) in [7, 11) is 0. The standard InChI is InChI=1S/C12H12BrClO/c13-10-6-2-5-9(12(10)14)11(15)7-8-3-1-4-8/h2,5-6,8H,1,3-4,7H2. The van der Waals surface area contributed by atoms with Gasteiger partial charge in [-0.1, -0.05) is 36.9 Å². The molecule has 0 unspecified atom stereocenters. The van der Waals surface area contributed by atoms with E-state index in [0.717, 1.165) is 4.47 Å². The molecule has 0 bridgehead atoms. The van der Waals surface area contributed by atoms with Crippen LogP contribution in [-0.4, -0.2) is 5.78 Å². The fourth-order valence-electron chi connectivity index (χ4n) is 1.79. The molecule has 15 heavy (non-hydrogen) atoms. The zero-order valence-corrected chi connectivity index (χ0v) is 10.6. The van der Waals surface area contributed by atoms with Gasteiger partial charge >= 0.3 is 0 Å². The molecule has 1 nitrogen and oxygen atoms in total. The summed E-state index contributed by atoms with van der Waals surface area (Å²) in [6.07, 6.45) is 4.30. The quantitative estimate of drug-likeness (QED) is 0.749. The number of hydrogen-bond donors (Lipinski definition) is 0. The lowest BCUT2D eigenvalue weighted by Gasteiger charge is -2.24. The number of halogens is 2. The van der Waals surface area contributed by atoms with Crippen molar-refractivity contribution in [2.24, 2.45) is 5.92 Å². The van der Waals surface area contributed by atoms with Crippen LogP contribution in [-0.2, 0) is 0 Å². The Hall–Kier alpha value is -0.340. The first-order valence-corrected chi connectivity index (χ1v) is 6.33. The molecule has 1 aliphatic carbocycles. The van der Waals surface area contributed by atoms with E-state index in [2.05, 4.69) is 15.9 Å². The van der Waals surface area contributed by atoms with Crippen LogP contribution in [0.4, 0.5) is 0 Å². The molecule has 0 radical (unpaired) electrons. The average Bonchev–Trinajstić information content (AvgIpc) is 2.15. The third-order valence-electron chi connectivity index (χ3n) is 2.95. The van der Waals surface area contributed by atoms with Crippen molar-refractivity contribution in [2.75, 3.05) is 0 Å². The van der Waals surface area contributed by atoms with E-state index in [1.54, 1.807) is 6.07 Å². The van der Waals surface area contributed by atoms with Gasteiger partial charge in [-0.05, 0) is 34.0 Å². The zero-order valence-electron chi connectivity index (χ0n) is 8.30. The van der Waals surface area contributed by atoms with Gasteiger partial charge in [0, 0.05) is 16.5 Å². The molecule has 0 N–H and O–H groups in total. The summed E-state index contributed by atoms with van der Waals surface area (Å²) in [5.41, 5.74) is 0.651. The van der Waals surface area contributed by atoms with Crippen LogP contribution in [0.15, 0.2) is 22.7 Å². The molecule has 0 aliphatic heterocycles. The molecule has 0 heterocycles. The minimum absolute atomic E-state index is 0.172. The SMILES string of the molecule is O=C(CC1CCC1)c1cccc(Br)c1Cl. The first kappa shape index (κ1) is 11.2. The van der Waals surface area contributed by atoms with Crippen molar-refractivity contribution in [1.82, 2.24) is 0 Å². The van der Waals surface area contributed by atoms with Crippen LogP contribution < -0.4 is 0 Å². The van der Waals surface area contributed by atoms with Crippen LogP contribution in [0.25, 0.3) is 0 Å². The second kappa shape index (κ2) is 4.67. The van der Waals surface area contributed by atoms with Gasteiger partial charge < -0.3 is 0 Å². The van der Waals surface area contributed by atoms with Crippen molar-refractivity contribution in [3.8, 4) is 0 Å². The number of ketones is 1. The third kappa shape index (κ3) is 2.43. The summed E-state index contributed by atoms with van der Waals surface area (Å²) in [5, 5.41) is 0.543. The third-order valence-corrected chi connectivity index (χ3v) is 4.25. The Balaban J connectivity index is 2.13. The van der Waals surface area contributed by atoms with Gasteiger partial charge in [0.25, 0.3) is 0 Å². The number of hydrogen-bond acceptors (Lipinski definition) is 1. The van der Waals surface area contributed by atoms with E-state index in [0.29, 0.717) is 22.9 Å². The van der Waals surface area contributed by atoms with E-state index in [-0.39, 0.29) is 5.78 Å². The van der Waals surface area contributed by atoms with Gasteiger partial charge in [0.1, 0.15) is 0 Å². The van der Waals surface area contributed by atoms with Gasteiger partial charge in [-0.25, -0.2) is 0 Å².